The van der Waals surface area contributed by atoms with Crippen LogP contribution < -0.4 is 10.2 Å². The number of amides is 1. The molecule has 1 heterocycles. The van der Waals surface area contributed by atoms with Crippen LogP contribution in [0.15, 0.2) is 47.7 Å². The fourth-order valence-corrected chi connectivity index (χ4v) is 4.00. The van der Waals surface area contributed by atoms with E-state index in [1.54, 1.807) is 26.2 Å². The van der Waals surface area contributed by atoms with Crippen LogP contribution in [0.3, 0.4) is 0 Å². The molecule has 3 atom stereocenters. The van der Waals surface area contributed by atoms with Crippen molar-refractivity contribution < 1.29 is 19.6 Å². The number of benzene rings is 1. The minimum Gasteiger partial charge on any atom is -0.612 e. The van der Waals surface area contributed by atoms with E-state index in [1.807, 2.05) is 31.2 Å². The van der Waals surface area contributed by atoms with Crippen LogP contribution in [0.25, 0.3) is 11.1 Å². The topological polar surface area (TPSA) is 128 Å². The molecule has 2 rings (SSSR count). The van der Waals surface area contributed by atoms with Gasteiger partial charge in [0.25, 0.3) is 0 Å². The molecule has 0 aliphatic heterocycles. The summed E-state index contributed by atoms with van der Waals surface area (Å²) in [5.74, 6) is -1.85. The molecule has 0 aliphatic carbocycles. The lowest BCUT2D eigenvalue weighted by atomic mass is 10.0. The lowest BCUT2D eigenvalue weighted by Gasteiger charge is -2.19. The summed E-state index contributed by atoms with van der Waals surface area (Å²) in [7, 11) is -1.84. The molecule has 0 spiro atoms. The van der Waals surface area contributed by atoms with Crippen LogP contribution in [0, 0.1) is 5.92 Å². The maximum atomic E-state index is 12.7. The fraction of sp³-hybridized carbons (Fsp3) is 0.429. The number of hydrogen-bond acceptors (Lipinski definition) is 6. The molecule has 2 aromatic rings. The van der Waals surface area contributed by atoms with E-state index in [9.17, 15) is 19.6 Å². The molecule has 160 valence electrons. The molecule has 1 unspecified atom stereocenters. The van der Waals surface area contributed by atoms with Gasteiger partial charge in [-0.3, -0.25) is 4.79 Å². The number of hydrogen-bond donors (Lipinski definition) is 2. The van der Waals surface area contributed by atoms with Crippen molar-refractivity contribution in [2.45, 2.75) is 45.7 Å². The third kappa shape index (κ3) is 6.97. The van der Waals surface area contributed by atoms with E-state index in [1.165, 1.54) is 6.33 Å². The van der Waals surface area contributed by atoms with E-state index >= 15 is 0 Å². The van der Waals surface area contributed by atoms with Crippen molar-refractivity contribution in [1.29, 1.82) is 0 Å². The zero-order valence-corrected chi connectivity index (χ0v) is 18.3. The van der Waals surface area contributed by atoms with Gasteiger partial charge in [0.1, 0.15) is 18.5 Å². The third-order valence-electron chi connectivity index (χ3n) is 4.47. The average molecular weight is 430 g/mol. The fourth-order valence-electron chi connectivity index (χ4n) is 2.85. The predicted molar refractivity (Wildman–Crippen MR) is 114 cm³/mol. The van der Waals surface area contributed by atoms with Gasteiger partial charge in [0.2, 0.25) is 5.91 Å². The Morgan fingerprint density at radius 2 is 1.80 bits per heavy atom. The number of carboxylic acids is 1. The van der Waals surface area contributed by atoms with Gasteiger partial charge in [0.05, 0.1) is 0 Å². The first-order valence-electron chi connectivity index (χ1n) is 9.84. The van der Waals surface area contributed by atoms with Gasteiger partial charge in [-0.05, 0) is 23.5 Å². The molecule has 1 aromatic heterocycles. The number of nitrogens with zero attached hydrogens (tertiary/aromatic N) is 3. The molecule has 0 saturated heterocycles. The zero-order valence-electron chi connectivity index (χ0n) is 17.4. The summed E-state index contributed by atoms with van der Waals surface area (Å²) in [5.41, 5.74) is 2.53. The Balaban J connectivity index is 2.11. The van der Waals surface area contributed by atoms with Gasteiger partial charge in [-0.1, -0.05) is 45.0 Å². The quantitative estimate of drug-likeness (QED) is 0.558. The van der Waals surface area contributed by atoms with Crippen LogP contribution in [0.4, 0.5) is 0 Å². The van der Waals surface area contributed by atoms with E-state index in [-0.39, 0.29) is 12.3 Å². The van der Waals surface area contributed by atoms with Gasteiger partial charge in [-0.15, -0.1) is 4.74 Å². The maximum Gasteiger partial charge on any atom is 0.326 e. The Morgan fingerprint density at radius 1 is 1.17 bits per heavy atom. The van der Waals surface area contributed by atoms with Crippen molar-refractivity contribution in [1.82, 2.24) is 15.3 Å². The summed E-state index contributed by atoms with van der Waals surface area (Å²) in [6.07, 6.45) is 6.08. The first kappa shape index (κ1) is 23.6. The van der Waals surface area contributed by atoms with Gasteiger partial charge < -0.3 is 15.3 Å². The standard InChI is InChI=1S/C21H27N4O4P/c1-4-9-30(29)25-19(14(2)3)20(26)24-18(21(27)28)10-15-5-7-16(8-6-15)17-11-22-13-23-12-17/h5-8,11-14,18-19H,4,9-10H2,1-3H3,(H,24,26)(H,27,28)/t18-,19-/m0/s1. The molecule has 9 heteroatoms. The molecule has 0 radical (unpaired) electrons. The van der Waals surface area contributed by atoms with E-state index in [2.05, 4.69) is 20.0 Å². The van der Waals surface area contributed by atoms with Gasteiger partial charge in [0, 0.05) is 24.4 Å². The summed E-state index contributed by atoms with van der Waals surface area (Å²) in [6.45, 7) is 5.49. The molecule has 0 aliphatic rings. The average Bonchev–Trinajstić information content (AvgIpc) is 2.72. The number of carbonyl (C=O) groups excluding carboxylic acids is 1. The molecule has 8 nitrogen and oxygen atoms in total. The van der Waals surface area contributed by atoms with E-state index in [0.717, 1.165) is 16.7 Å². The number of aromatic nitrogens is 2. The number of carboxylic acid groups (broad SMARTS) is 1. The highest BCUT2D eigenvalue weighted by molar-refractivity contribution is 7.39. The molecule has 1 amide bonds. The summed E-state index contributed by atoms with van der Waals surface area (Å²) >= 11 is 0. The van der Waals surface area contributed by atoms with Gasteiger partial charge in [0.15, 0.2) is 14.0 Å². The number of carbonyl (C=O) groups is 2. The smallest absolute Gasteiger partial charge is 0.326 e. The van der Waals surface area contributed by atoms with E-state index < -0.39 is 31.9 Å². The molecular weight excluding hydrogens is 403 g/mol. The molecule has 0 saturated carbocycles. The van der Waals surface area contributed by atoms with E-state index in [0.29, 0.717) is 12.6 Å². The molecule has 1 aromatic carbocycles. The summed E-state index contributed by atoms with van der Waals surface area (Å²) in [4.78, 5) is 44.3. The first-order chi connectivity index (χ1) is 14.3. The molecule has 30 heavy (non-hydrogen) atoms. The molecule has 0 fully saturated rings. The van der Waals surface area contributed by atoms with Crippen molar-refractivity contribution in [2.24, 2.45) is 10.7 Å². The Kier molecular flexibility index (Phi) is 9.02. The van der Waals surface area contributed by atoms with Crippen molar-refractivity contribution in [3.8, 4) is 11.1 Å². The van der Waals surface area contributed by atoms with Crippen LogP contribution in [-0.4, -0.2) is 45.2 Å². The van der Waals surface area contributed by atoms with Crippen LogP contribution in [0.1, 0.15) is 32.8 Å². The highest BCUT2D eigenvalue weighted by atomic mass is 31.1. The summed E-state index contributed by atoms with van der Waals surface area (Å²) < 4.78 is 4.12. The first-order valence-corrected chi connectivity index (χ1v) is 11.2. The van der Waals surface area contributed by atoms with E-state index in [4.69, 9.17) is 0 Å². The zero-order chi connectivity index (χ0) is 22.1. The van der Waals surface area contributed by atoms with Crippen LogP contribution in [0.2, 0.25) is 0 Å². The Labute approximate surface area is 177 Å². The molecule has 0 bridgehead atoms. The van der Waals surface area contributed by atoms with Gasteiger partial charge in [-0.2, -0.15) is 0 Å². The van der Waals surface area contributed by atoms with Crippen molar-refractivity contribution in [2.75, 3.05) is 6.16 Å². The summed E-state index contributed by atoms with van der Waals surface area (Å²) in [6, 6.07) is 5.39. The SMILES string of the molecule is CCC[P+]([O-])=N[C@H](C(=O)N[C@@H](Cc1ccc(-c2cncnc2)cc1)C(=O)O)C(C)C. The minimum atomic E-state index is -1.84. The number of rotatable bonds is 10. The normalized spacial score (nSPS) is 13.7. The highest BCUT2D eigenvalue weighted by Gasteiger charge is 2.29. The maximum absolute atomic E-state index is 12.7. The highest BCUT2D eigenvalue weighted by Crippen LogP contribution is 2.22. The Morgan fingerprint density at radius 3 is 2.33 bits per heavy atom. The van der Waals surface area contributed by atoms with Crippen molar-refractivity contribution in [3.63, 3.8) is 0 Å². The largest absolute Gasteiger partial charge is 0.612 e. The predicted octanol–water partition coefficient (Wildman–Crippen LogP) is 2.63. The van der Waals surface area contributed by atoms with Crippen LogP contribution >= 0.6 is 7.94 Å². The Bertz CT molecular complexity index is 872. The van der Waals surface area contributed by atoms with Gasteiger partial charge in [-0.25, -0.2) is 14.8 Å². The lowest BCUT2D eigenvalue weighted by Crippen LogP contribution is -2.47. The Hall–Kier alpha value is -2.70. The second-order valence-corrected chi connectivity index (χ2v) is 8.69. The lowest BCUT2D eigenvalue weighted by molar-refractivity contribution is -0.156. The summed E-state index contributed by atoms with van der Waals surface area (Å²) in [5, 5.41) is 12.1. The molecule has 2 N–H and O–H groups in total. The van der Waals surface area contributed by atoms with Crippen molar-refractivity contribution in [3.05, 3.63) is 48.5 Å². The van der Waals surface area contributed by atoms with Crippen LogP contribution in [-0.2, 0) is 16.0 Å². The number of aliphatic carboxylic acids is 1. The minimum absolute atomic E-state index is 0.124. The molecular formula is C21H27N4O4P. The second-order valence-electron chi connectivity index (χ2n) is 7.31. The monoisotopic (exact) mass is 430 g/mol. The third-order valence-corrected chi connectivity index (χ3v) is 5.81. The van der Waals surface area contributed by atoms with Crippen LogP contribution in [0.5, 0.6) is 0 Å². The van der Waals surface area contributed by atoms with Crippen molar-refractivity contribution >= 4 is 19.8 Å². The van der Waals surface area contributed by atoms with Gasteiger partial charge >= 0.3 is 5.97 Å². The second kappa shape index (κ2) is 11.5. The number of nitrogens with one attached hydrogen (secondary N) is 1.